The first kappa shape index (κ1) is 13.9. The summed E-state index contributed by atoms with van der Waals surface area (Å²) in [5.41, 5.74) is 8.20. The van der Waals surface area contributed by atoms with Gasteiger partial charge in [-0.25, -0.2) is 0 Å². The topological polar surface area (TPSA) is 46.3 Å². The van der Waals surface area contributed by atoms with E-state index in [2.05, 4.69) is 5.38 Å². The number of amides is 1. The minimum atomic E-state index is 0.184. The first-order chi connectivity index (χ1) is 9.77. The summed E-state index contributed by atoms with van der Waals surface area (Å²) in [5, 5.41) is 2.86. The van der Waals surface area contributed by atoms with Crippen molar-refractivity contribution < 1.29 is 4.79 Å². The summed E-state index contributed by atoms with van der Waals surface area (Å²) in [7, 11) is 0. The highest BCUT2D eigenvalue weighted by molar-refractivity contribution is 7.14. The second-order valence-corrected chi connectivity index (χ2v) is 7.03. The number of carbonyl (C=O) groups is 1. The van der Waals surface area contributed by atoms with E-state index in [0.29, 0.717) is 5.92 Å². The average Bonchev–Trinajstić information content (AvgIpc) is 2.90. The third-order valence-corrected chi connectivity index (χ3v) is 5.58. The number of nitrogens with zero attached hydrogens (tertiary/aromatic N) is 1. The van der Waals surface area contributed by atoms with Crippen molar-refractivity contribution in [2.24, 2.45) is 0 Å². The fourth-order valence-electron chi connectivity index (χ4n) is 3.58. The predicted molar refractivity (Wildman–Crippen MR) is 84.3 cm³/mol. The van der Waals surface area contributed by atoms with Gasteiger partial charge in [0.05, 0.1) is 10.6 Å². The molecule has 1 aliphatic heterocycles. The smallest absolute Gasteiger partial charge is 0.257 e. The number of likely N-dealkylation sites (tertiary alicyclic amines) is 1. The van der Waals surface area contributed by atoms with Gasteiger partial charge in [-0.15, -0.1) is 11.3 Å². The average molecular weight is 292 g/mol. The van der Waals surface area contributed by atoms with Gasteiger partial charge < -0.3 is 10.6 Å². The van der Waals surface area contributed by atoms with Crippen LogP contribution >= 0.6 is 11.3 Å². The number of hydrogen-bond donors (Lipinski definition) is 1. The van der Waals surface area contributed by atoms with Crippen molar-refractivity contribution in [3.8, 4) is 0 Å². The molecule has 1 saturated heterocycles. The highest BCUT2D eigenvalue weighted by Crippen LogP contribution is 2.39. The molecule has 3 rings (SSSR count). The molecule has 0 unspecified atom stereocenters. The van der Waals surface area contributed by atoms with Gasteiger partial charge in [-0.05, 0) is 49.0 Å². The lowest BCUT2D eigenvalue weighted by Gasteiger charge is -2.28. The molecule has 110 valence electrons. The number of carbonyl (C=O) groups excluding carboxylic acids is 1. The highest BCUT2D eigenvalue weighted by Gasteiger charge is 2.28. The maximum absolute atomic E-state index is 12.8. The Labute approximate surface area is 125 Å². The maximum Gasteiger partial charge on any atom is 0.257 e. The zero-order chi connectivity index (χ0) is 13.9. The number of nitrogen functional groups attached to an aromatic ring is 1. The van der Waals surface area contributed by atoms with Crippen molar-refractivity contribution in [2.45, 2.75) is 57.3 Å². The zero-order valence-electron chi connectivity index (χ0n) is 12.1. The van der Waals surface area contributed by atoms with Crippen LogP contribution in [-0.2, 0) is 0 Å². The van der Waals surface area contributed by atoms with E-state index >= 15 is 0 Å². The molecule has 1 amide bonds. The van der Waals surface area contributed by atoms with E-state index in [1.807, 2.05) is 4.90 Å². The summed E-state index contributed by atoms with van der Waals surface area (Å²) in [4.78, 5) is 14.8. The monoisotopic (exact) mass is 292 g/mol. The lowest BCUT2D eigenvalue weighted by Crippen LogP contribution is -2.36. The molecule has 3 nitrogen and oxygen atoms in total. The van der Waals surface area contributed by atoms with Gasteiger partial charge in [0.25, 0.3) is 5.91 Å². The Morgan fingerprint density at radius 2 is 1.75 bits per heavy atom. The molecule has 20 heavy (non-hydrogen) atoms. The SMILES string of the molecule is Nc1scc(C2CCCCC2)c1C(=O)N1CCCCC1. The van der Waals surface area contributed by atoms with E-state index < -0.39 is 0 Å². The molecule has 2 fully saturated rings. The Morgan fingerprint density at radius 1 is 1.10 bits per heavy atom. The molecule has 0 bridgehead atoms. The molecule has 0 atom stereocenters. The first-order valence-corrected chi connectivity index (χ1v) is 8.81. The minimum absolute atomic E-state index is 0.184. The van der Waals surface area contributed by atoms with Gasteiger partial charge in [0.2, 0.25) is 0 Å². The molecule has 0 aromatic carbocycles. The molecule has 1 aliphatic carbocycles. The number of piperidine rings is 1. The number of nitrogens with two attached hydrogens (primary N) is 1. The number of hydrogen-bond acceptors (Lipinski definition) is 3. The van der Waals surface area contributed by atoms with Crippen molar-refractivity contribution >= 4 is 22.2 Å². The Bertz CT molecular complexity index is 471. The van der Waals surface area contributed by atoms with Crippen molar-refractivity contribution in [3.63, 3.8) is 0 Å². The summed E-state index contributed by atoms with van der Waals surface area (Å²) in [6.45, 7) is 1.80. The van der Waals surface area contributed by atoms with Crippen LogP contribution in [0.2, 0.25) is 0 Å². The largest absolute Gasteiger partial charge is 0.390 e. The number of thiophene rings is 1. The Morgan fingerprint density at radius 3 is 2.45 bits per heavy atom. The van der Waals surface area contributed by atoms with Crippen molar-refractivity contribution in [1.82, 2.24) is 4.90 Å². The fraction of sp³-hybridized carbons (Fsp3) is 0.688. The van der Waals surface area contributed by atoms with Gasteiger partial charge in [0.15, 0.2) is 0 Å². The van der Waals surface area contributed by atoms with E-state index in [-0.39, 0.29) is 5.91 Å². The molecule has 1 aromatic rings. The summed E-state index contributed by atoms with van der Waals surface area (Å²) in [6.07, 6.45) is 9.87. The van der Waals surface area contributed by atoms with Crippen LogP contribution < -0.4 is 5.73 Å². The quantitative estimate of drug-likeness (QED) is 0.895. The van der Waals surface area contributed by atoms with Crippen molar-refractivity contribution in [1.29, 1.82) is 0 Å². The van der Waals surface area contributed by atoms with Crippen LogP contribution in [-0.4, -0.2) is 23.9 Å². The van der Waals surface area contributed by atoms with Crippen LogP contribution in [0.1, 0.15) is 73.2 Å². The molecular weight excluding hydrogens is 268 g/mol. The van der Waals surface area contributed by atoms with Crippen LogP contribution in [0.25, 0.3) is 0 Å². The summed E-state index contributed by atoms with van der Waals surface area (Å²) in [5.74, 6) is 0.741. The van der Waals surface area contributed by atoms with Crippen LogP contribution in [0.4, 0.5) is 5.00 Å². The Kier molecular flexibility index (Phi) is 4.29. The molecule has 0 radical (unpaired) electrons. The maximum atomic E-state index is 12.8. The Balaban J connectivity index is 1.84. The molecule has 1 aromatic heterocycles. The van der Waals surface area contributed by atoms with Gasteiger partial charge in [0, 0.05) is 13.1 Å². The van der Waals surface area contributed by atoms with Crippen molar-refractivity contribution in [3.05, 3.63) is 16.5 Å². The van der Waals surface area contributed by atoms with E-state index in [9.17, 15) is 4.79 Å². The van der Waals surface area contributed by atoms with Crippen LogP contribution in [0.3, 0.4) is 0 Å². The van der Waals surface area contributed by atoms with Gasteiger partial charge in [0.1, 0.15) is 0 Å². The second kappa shape index (κ2) is 6.17. The highest BCUT2D eigenvalue weighted by atomic mass is 32.1. The lowest BCUT2D eigenvalue weighted by molar-refractivity contribution is 0.0724. The van der Waals surface area contributed by atoms with Crippen LogP contribution in [0.15, 0.2) is 5.38 Å². The van der Waals surface area contributed by atoms with E-state index in [0.717, 1.165) is 36.5 Å². The summed E-state index contributed by atoms with van der Waals surface area (Å²) >= 11 is 1.55. The van der Waals surface area contributed by atoms with E-state index in [4.69, 9.17) is 5.73 Å². The zero-order valence-corrected chi connectivity index (χ0v) is 12.9. The molecule has 2 N–H and O–H groups in total. The van der Waals surface area contributed by atoms with Gasteiger partial charge in [-0.3, -0.25) is 4.79 Å². The van der Waals surface area contributed by atoms with Crippen molar-refractivity contribution in [2.75, 3.05) is 18.8 Å². The molecular formula is C16H24N2OS. The number of rotatable bonds is 2. The second-order valence-electron chi connectivity index (χ2n) is 6.12. The van der Waals surface area contributed by atoms with Gasteiger partial charge >= 0.3 is 0 Å². The third-order valence-electron chi connectivity index (χ3n) is 4.75. The minimum Gasteiger partial charge on any atom is -0.390 e. The molecule has 1 saturated carbocycles. The standard InChI is InChI=1S/C16H24N2OS/c17-15-14(16(19)18-9-5-2-6-10-18)13(11-20-15)12-7-3-1-4-8-12/h11-12H,1-10,17H2. The van der Waals surface area contributed by atoms with E-state index in [1.54, 1.807) is 11.3 Å². The lowest BCUT2D eigenvalue weighted by atomic mass is 9.83. The van der Waals surface area contributed by atoms with Gasteiger partial charge in [-0.1, -0.05) is 19.3 Å². The molecule has 0 spiro atoms. The number of anilines is 1. The third kappa shape index (κ3) is 2.71. The molecule has 4 heteroatoms. The van der Waals surface area contributed by atoms with Gasteiger partial charge in [-0.2, -0.15) is 0 Å². The molecule has 2 heterocycles. The normalized spacial score (nSPS) is 21.1. The summed E-state index contributed by atoms with van der Waals surface area (Å²) in [6, 6.07) is 0. The first-order valence-electron chi connectivity index (χ1n) is 7.93. The predicted octanol–water partition coefficient (Wildman–Crippen LogP) is 4.00. The van der Waals surface area contributed by atoms with Crippen LogP contribution in [0, 0.1) is 0 Å². The van der Waals surface area contributed by atoms with E-state index in [1.165, 1.54) is 44.1 Å². The Hall–Kier alpha value is -1.03. The fourth-order valence-corrected chi connectivity index (χ4v) is 4.47. The molecule has 2 aliphatic rings. The van der Waals surface area contributed by atoms with Crippen LogP contribution in [0.5, 0.6) is 0 Å². The summed E-state index contributed by atoms with van der Waals surface area (Å²) < 4.78 is 0.